The lowest BCUT2D eigenvalue weighted by Gasteiger charge is -2.42. The zero-order valence-corrected chi connectivity index (χ0v) is 12.0. The van der Waals surface area contributed by atoms with Crippen molar-refractivity contribution in [2.24, 2.45) is 11.7 Å². The highest BCUT2D eigenvalue weighted by atomic mass is 16.4. The second-order valence-electron chi connectivity index (χ2n) is 5.61. The predicted molar refractivity (Wildman–Crippen MR) is 72.9 cm³/mol. The molecule has 5 nitrogen and oxygen atoms in total. The van der Waals surface area contributed by atoms with Crippen LogP contribution in [0.5, 0.6) is 0 Å². The van der Waals surface area contributed by atoms with Crippen LogP contribution in [0.25, 0.3) is 0 Å². The normalized spacial score (nSPS) is 27.3. The molecular weight excluding hydrogens is 242 g/mol. The molecule has 0 saturated heterocycles. The Kier molecular flexibility index (Phi) is 3.94. The molecule has 1 aliphatic rings. The highest BCUT2D eigenvalue weighted by Crippen LogP contribution is 2.33. The average Bonchev–Trinajstić information content (AvgIpc) is 2.71. The van der Waals surface area contributed by atoms with Gasteiger partial charge in [0.2, 0.25) is 5.76 Å². The summed E-state index contributed by atoms with van der Waals surface area (Å²) in [6, 6.07) is 0. The number of oxazole rings is 1. The van der Waals surface area contributed by atoms with Gasteiger partial charge in [-0.15, -0.1) is 0 Å². The third-order valence-electron chi connectivity index (χ3n) is 4.29. The number of carbonyl (C=O) groups excluding carboxylic acids is 1. The first-order valence-corrected chi connectivity index (χ1v) is 6.95. The van der Waals surface area contributed by atoms with Crippen LogP contribution >= 0.6 is 0 Å². The van der Waals surface area contributed by atoms with Crippen molar-refractivity contribution in [2.45, 2.75) is 52.0 Å². The van der Waals surface area contributed by atoms with Gasteiger partial charge in [0.1, 0.15) is 0 Å². The smallest absolute Gasteiger partial charge is 0.289 e. The van der Waals surface area contributed by atoms with Gasteiger partial charge in [0, 0.05) is 13.5 Å². The van der Waals surface area contributed by atoms with Crippen molar-refractivity contribution >= 4 is 5.91 Å². The van der Waals surface area contributed by atoms with E-state index in [0.717, 1.165) is 19.3 Å². The standard InChI is InChI=1S/C14H23N3O2/c1-9-6-4-5-7-14(9,8-15)17-13(18)12-10(2)16-11(3)19-12/h9H,4-8,15H2,1-3H3,(H,17,18). The van der Waals surface area contributed by atoms with E-state index in [4.69, 9.17) is 10.2 Å². The molecule has 3 N–H and O–H groups in total. The molecule has 1 aliphatic carbocycles. The van der Waals surface area contributed by atoms with Crippen molar-refractivity contribution in [3.05, 3.63) is 17.3 Å². The maximum absolute atomic E-state index is 12.4. The molecule has 0 spiro atoms. The van der Waals surface area contributed by atoms with Crippen LogP contribution in [-0.2, 0) is 0 Å². The van der Waals surface area contributed by atoms with Crippen molar-refractivity contribution in [3.63, 3.8) is 0 Å². The minimum atomic E-state index is -0.303. The van der Waals surface area contributed by atoms with E-state index < -0.39 is 0 Å². The minimum absolute atomic E-state index is 0.197. The molecule has 1 aromatic rings. The lowest BCUT2D eigenvalue weighted by Crippen LogP contribution is -2.59. The molecule has 1 amide bonds. The average molecular weight is 265 g/mol. The molecule has 2 atom stereocenters. The Morgan fingerprint density at radius 3 is 2.79 bits per heavy atom. The highest BCUT2D eigenvalue weighted by Gasteiger charge is 2.39. The molecule has 0 radical (unpaired) electrons. The Bertz CT molecular complexity index is 469. The van der Waals surface area contributed by atoms with Crippen LogP contribution in [-0.4, -0.2) is 23.0 Å². The summed E-state index contributed by atoms with van der Waals surface area (Å²) in [5.74, 6) is 1.01. The Balaban J connectivity index is 2.18. The molecule has 5 heteroatoms. The summed E-state index contributed by atoms with van der Waals surface area (Å²) in [5, 5.41) is 3.10. The van der Waals surface area contributed by atoms with Crippen molar-refractivity contribution in [2.75, 3.05) is 6.54 Å². The molecule has 1 saturated carbocycles. The Hall–Kier alpha value is -1.36. The van der Waals surface area contributed by atoms with Gasteiger partial charge in [0.05, 0.1) is 11.2 Å². The number of nitrogens with one attached hydrogen (secondary N) is 1. The number of aryl methyl sites for hydroxylation is 2. The fourth-order valence-electron chi connectivity index (χ4n) is 2.98. The maximum Gasteiger partial charge on any atom is 0.289 e. The van der Waals surface area contributed by atoms with E-state index in [0.29, 0.717) is 29.8 Å². The molecule has 0 aromatic carbocycles. The molecule has 106 valence electrons. The van der Waals surface area contributed by atoms with E-state index in [1.807, 2.05) is 0 Å². The van der Waals surface area contributed by atoms with Crippen molar-refractivity contribution in [3.8, 4) is 0 Å². The third kappa shape index (κ3) is 2.66. The SMILES string of the molecule is Cc1nc(C)c(C(=O)NC2(CN)CCCCC2C)o1. The van der Waals surface area contributed by atoms with E-state index >= 15 is 0 Å². The van der Waals surface area contributed by atoms with Gasteiger partial charge in [-0.05, 0) is 25.7 Å². The molecule has 19 heavy (non-hydrogen) atoms. The van der Waals surface area contributed by atoms with Gasteiger partial charge in [-0.1, -0.05) is 19.8 Å². The van der Waals surface area contributed by atoms with Crippen molar-refractivity contribution in [1.82, 2.24) is 10.3 Å². The highest BCUT2D eigenvalue weighted by molar-refractivity contribution is 5.93. The Morgan fingerprint density at radius 1 is 1.53 bits per heavy atom. The summed E-state index contributed by atoms with van der Waals surface area (Å²) in [4.78, 5) is 16.5. The number of amides is 1. The Labute approximate surface area is 114 Å². The van der Waals surface area contributed by atoms with Gasteiger partial charge in [-0.25, -0.2) is 4.98 Å². The zero-order chi connectivity index (χ0) is 14.0. The second-order valence-corrected chi connectivity index (χ2v) is 5.61. The van der Waals surface area contributed by atoms with E-state index in [9.17, 15) is 4.79 Å². The number of hydrogen-bond donors (Lipinski definition) is 2. The lowest BCUT2D eigenvalue weighted by atomic mass is 9.73. The fraction of sp³-hybridized carbons (Fsp3) is 0.714. The van der Waals surface area contributed by atoms with Crippen LogP contribution in [0.15, 0.2) is 4.42 Å². The molecular formula is C14H23N3O2. The zero-order valence-electron chi connectivity index (χ0n) is 12.0. The topological polar surface area (TPSA) is 81.2 Å². The summed E-state index contributed by atoms with van der Waals surface area (Å²) in [5.41, 5.74) is 6.26. The summed E-state index contributed by atoms with van der Waals surface area (Å²) in [7, 11) is 0. The van der Waals surface area contributed by atoms with Crippen molar-refractivity contribution in [1.29, 1.82) is 0 Å². The van der Waals surface area contributed by atoms with Crippen LogP contribution in [0.4, 0.5) is 0 Å². The summed E-state index contributed by atoms with van der Waals surface area (Å²) in [6.45, 7) is 6.15. The molecule has 0 bridgehead atoms. The van der Waals surface area contributed by atoms with Crippen LogP contribution in [0.1, 0.15) is 54.7 Å². The summed E-state index contributed by atoms with van der Waals surface area (Å²) in [6.07, 6.45) is 4.35. The molecule has 0 aliphatic heterocycles. The number of nitrogens with two attached hydrogens (primary N) is 1. The summed E-state index contributed by atoms with van der Waals surface area (Å²) < 4.78 is 5.38. The van der Waals surface area contributed by atoms with Crippen LogP contribution in [0, 0.1) is 19.8 Å². The van der Waals surface area contributed by atoms with Gasteiger partial charge in [-0.3, -0.25) is 4.79 Å². The van der Waals surface area contributed by atoms with E-state index in [-0.39, 0.29) is 11.4 Å². The van der Waals surface area contributed by atoms with Gasteiger partial charge in [-0.2, -0.15) is 0 Å². The predicted octanol–water partition coefficient (Wildman–Crippen LogP) is 1.93. The molecule has 1 aromatic heterocycles. The lowest BCUT2D eigenvalue weighted by molar-refractivity contribution is 0.0782. The first-order chi connectivity index (χ1) is 8.98. The maximum atomic E-state index is 12.4. The molecule has 1 fully saturated rings. The number of rotatable bonds is 3. The number of nitrogens with zero attached hydrogens (tertiary/aromatic N) is 1. The van der Waals surface area contributed by atoms with E-state index in [1.165, 1.54) is 6.42 Å². The largest absolute Gasteiger partial charge is 0.436 e. The number of aromatic nitrogens is 1. The number of carbonyl (C=O) groups is 1. The van der Waals surface area contributed by atoms with E-state index in [1.54, 1.807) is 13.8 Å². The van der Waals surface area contributed by atoms with Crippen molar-refractivity contribution < 1.29 is 9.21 Å². The van der Waals surface area contributed by atoms with Gasteiger partial charge < -0.3 is 15.5 Å². The first kappa shape index (κ1) is 14.1. The summed E-state index contributed by atoms with van der Waals surface area (Å²) >= 11 is 0. The first-order valence-electron chi connectivity index (χ1n) is 6.95. The second kappa shape index (κ2) is 5.33. The van der Waals surface area contributed by atoms with E-state index in [2.05, 4.69) is 17.2 Å². The minimum Gasteiger partial charge on any atom is -0.436 e. The quantitative estimate of drug-likeness (QED) is 0.875. The Morgan fingerprint density at radius 2 is 2.26 bits per heavy atom. The molecule has 2 rings (SSSR count). The van der Waals surface area contributed by atoms with Gasteiger partial charge in [0.25, 0.3) is 5.91 Å². The van der Waals surface area contributed by atoms with Crippen LogP contribution < -0.4 is 11.1 Å². The monoisotopic (exact) mass is 265 g/mol. The number of hydrogen-bond acceptors (Lipinski definition) is 4. The van der Waals surface area contributed by atoms with Crippen LogP contribution in [0.3, 0.4) is 0 Å². The van der Waals surface area contributed by atoms with Gasteiger partial charge in [0.15, 0.2) is 5.89 Å². The fourth-order valence-corrected chi connectivity index (χ4v) is 2.98. The third-order valence-corrected chi connectivity index (χ3v) is 4.29. The van der Waals surface area contributed by atoms with Gasteiger partial charge >= 0.3 is 0 Å². The molecule has 2 unspecified atom stereocenters. The molecule has 1 heterocycles. The van der Waals surface area contributed by atoms with Crippen LogP contribution in [0.2, 0.25) is 0 Å².